The maximum Gasteiger partial charge on any atom is 0.296 e. The Morgan fingerprint density at radius 1 is 0.561 bits per heavy atom. The van der Waals surface area contributed by atoms with Gasteiger partial charge in [-0.25, -0.2) is 0 Å². The van der Waals surface area contributed by atoms with E-state index in [1.54, 1.807) is 0 Å². The molecule has 0 saturated carbocycles. The minimum absolute atomic E-state index is 0.0938. The molecule has 0 bridgehead atoms. The maximum absolute atomic E-state index is 12.5. The Labute approximate surface area is 328 Å². The summed E-state index contributed by atoms with van der Waals surface area (Å²) in [5, 5.41) is 25.7. The molecule has 0 aliphatic carbocycles. The summed E-state index contributed by atoms with van der Waals surface area (Å²) in [6, 6.07) is 5.02. The highest BCUT2D eigenvalue weighted by molar-refractivity contribution is 7.87. The van der Waals surface area contributed by atoms with Crippen LogP contribution in [0.1, 0.15) is 0 Å². The average Bonchev–Trinajstić information content (AvgIpc) is 3.04. The average molecular weight is 931 g/mol. The van der Waals surface area contributed by atoms with E-state index < -0.39 is 120 Å². The number of benzene rings is 4. The Morgan fingerprint density at radius 3 is 1.51 bits per heavy atom. The van der Waals surface area contributed by atoms with Gasteiger partial charge in [0.2, 0.25) is 16.5 Å². The van der Waals surface area contributed by atoms with E-state index in [1.165, 1.54) is 0 Å². The van der Waals surface area contributed by atoms with Crippen molar-refractivity contribution in [2.45, 2.75) is 24.5 Å². The molecule has 25 nitrogen and oxygen atoms in total. The molecule has 32 heteroatoms. The number of phenols is 1. The lowest BCUT2D eigenvalue weighted by Crippen LogP contribution is -2.04. The number of anilines is 3. The monoisotopic (exact) mass is 929 g/mol. The third-order valence-electron chi connectivity index (χ3n) is 6.97. The molecule has 0 aliphatic rings. The van der Waals surface area contributed by atoms with Crippen LogP contribution in [0.15, 0.2) is 93.5 Å². The molecule has 0 atom stereocenters. The molecule has 1 heterocycles. The van der Waals surface area contributed by atoms with Gasteiger partial charge in [0.25, 0.3) is 50.6 Å². The number of nitrogens with one attached hydrogen (secondary N) is 1. The first-order chi connectivity index (χ1) is 26.1. The third kappa shape index (κ3) is 9.54. The second kappa shape index (κ2) is 15.0. The predicted octanol–water partition coefficient (Wildman–Crippen LogP) is 4.43. The summed E-state index contributed by atoms with van der Waals surface area (Å²) >= 11 is 11.5. The van der Waals surface area contributed by atoms with Crippen molar-refractivity contribution in [3.8, 4) is 5.75 Å². The fraction of sp³-hybridized carbons (Fsp3) is 0. The van der Waals surface area contributed by atoms with E-state index in [0.29, 0.717) is 30.3 Å². The van der Waals surface area contributed by atoms with Crippen LogP contribution < -0.4 is 11.1 Å². The Hall–Kier alpha value is -5.12. The Bertz CT molecular complexity index is 3170. The molecule has 0 fully saturated rings. The van der Waals surface area contributed by atoms with Crippen molar-refractivity contribution in [3.63, 3.8) is 0 Å². The van der Waals surface area contributed by atoms with Gasteiger partial charge in [-0.2, -0.15) is 57.0 Å². The highest BCUT2D eigenvalue weighted by Gasteiger charge is 2.29. The highest BCUT2D eigenvalue weighted by atomic mass is 35.5. The Kier molecular flexibility index (Phi) is 11.3. The topological polar surface area (TPSA) is 418 Å². The molecule has 0 spiro atoms. The number of azo groups is 2. The lowest BCUT2D eigenvalue weighted by atomic mass is 10.1. The molecule has 9 N–H and O–H groups in total. The van der Waals surface area contributed by atoms with Crippen molar-refractivity contribution in [1.29, 1.82) is 0 Å². The number of rotatable bonds is 11. The van der Waals surface area contributed by atoms with Crippen LogP contribution >= 0.6 is 23.2 Å². The number of aromatic hydroxyl groups is 1. The van der Waals surface area contributed by atoms with Crippen molar-refractivity contribution < 1.29 is 70.0 Å². The zero-order chi connectivity index (χ0) is 42.6. The van der Waals surface area contributed by atoms with E-state index in [-0.39, 0.29) is 22.2 Å². The second-order valence-corrected chi connectivity index (χ2v) is 18.4. The molecule has 4 aromatic carbocycles. The minimum Gasteiger partial charge on any atom is -0.505 e. The van der Waals surface area contributed by atoms with Crippen LogP contribution in [-0.4, -0.2) is 84.9 Å². The van der Waals surface area contributed by atoms with Crippen molar-refractivity contribution in [2.24, 2.45) is 20.5 Å². The van der Waals surface area contributed by atoms with Gasteiger partial charge in [0.1, 0.15) is 42.3 Å². The van der Waals surface area contributed by atoms with Crippen LogP contribution in [0.25, 0.3) is 10.8 Å². The second-order valence-electron chi connectivity index (χ2n) is 10.7. The minimum atomic E-state index is -5.49. The fourth-order valence-corrected chi connectivity index (χ4v) is 8.07. The first kappa shape index (κ1) is 43.0. The van der Waals surface area contributed by atoms with Crippen molar-refractivity contribution in [2.75, 3.05) is 11.1 Å². The van der Waals surface area contributed by atoms with Gasteiger partial charge in [0.05, 0.1) is 16.0 Å². The molecule has 0 radical (unpaired) electrons. The van der Waals surface area contributed by atoms with Gasteiger partial charge in [-0.3, -0.25) is 22.8 Å². The molecule has 302 valence electrons. The fourth-order valence-electron chi connectivity index (χ4n) is 4.67. The van der Waals surface area contributed by atoms with E-state index >= 15 is 0 Å². The number of fused-ring (bicyclic) bond motifs is 1. The molecule has 0 saturated heterocycles. The number of nitrogen functional groups attached to an aromatic ring is 1. The molecule has 0 amide bonds. The number of hydrogen-bond donors (Lipinski definition) is 8. The van der Waals surface area contributed by atoms with Crippen LogP contribution in [0.2, 0.25) is 10.6 Å². The van der Waals surface area contributed by atoms with Crippen LogP contribution in [0.4, 0.5) is 40.1 Å². The summed E-state index contributed by atoms with van der Waals surface area (Å²) < 4.78 is 170. The number of halogens is 2. The van der Waals surface area contributed by atoms with Gasteiger partial charge in [0, 0.05) is 5.69 Å². The summed E-state index contributed by atoms with van der Waals surface area (Å²) in [7, 11) is -26.4. The van der Waals surface area contributed by atoms with Crippen LogP contribution in [0.3, 0.4) is 0 Å². The number of nitrogens with two attached hydrogens (primary N) is 1. The predicted molar refractivity (Wildman–Crippen MR) is 193 cm³/mol. The van der Waals surface area contributed by atoms with Gasteiger partial charge in [-0.1, -0.05) is 0 Å². The first-order valence-electron chi connectivity index (χ1n) is 14.0. The van der Waals surface area contributed by atoms with Gasteiger partial charge < -0.3 is 16.2 Å². The van der Waals surface area contributed by atoms with Crippen molar-refractivity contribution >= 4 is 125 Å². The van der Waals surface area contributed by atoms with Crippen molar-refractivity contribution in [3.05, 3.63) is 59.1 Å². The normalized spacial score (nSPS) is 13.2. The summed E-state index contributed by atoms with van der Waals surface area (Å²) in [4.78, 5) is 5.30. The first-order valence-corrected chi connectivity index (χ1v) is 22.0. The third-order valence-corrected chi connectivity index (χ3v) is 11.7. The van der Waals surface area contributed by atoms with E-state index in [2.05, 4.69) is 40.7 Å². The summed E-state index contributed by atoms with van der Waals surface area (Å²) in [6.07, 6.45) is 0. The number of phenolic OH excluding ortho intramolecular Hbond substituents is 1. The van der Waals surface area contributed by atoms with Crippen LogP contribution in [0, 0.1) is 0 Å². The van der Waals surface area contributed by atoms with E-state index in [4.69, 9.17) is 28.9 Å². The number of aromatic nitrogens is 3. The molecule has 1 aromatic heterocycles. The van der Waals surface area contributed by atoms with Gasteiger partial charge in [-0.15, -0.1) is 20.5 Å². The molecular formula is C25H17Cl2N9O16S5. The molecule has 57 heavy (non-hydrogen) atoms. The molecule has 0 unspecified atom stereocenters. The summed E-state index contributed by atoms with van der Waals surface area (Å²) in [5.74, 6) is -1.64. The summed E-state index contributed by atoms with van der Waals surface area (Å²) in [6.45, 7) is 0. The number of nitrogens with zero attached hydrogens (tertiary/aromatic N) is 7. The Morgan fingerprint density at radius 2 is 1.02 bits per heavy atom. The summed E-state index contributed by atoms with van der Waals surface area (Å²) in [5.41, 5.74) is 0.798. The molecule has 0 aliphatic heterocycles. The van der Waals surface area contributed by atoms with E-state index in [9.17, 15) is 70.0 Å². The zero-order valence-electron chi connectivity index (χ0n) is 26.9. The quantitative estimate of drug-likeness (QED) is 0.0516. The van der Waals surface area contributed by atoms with Gasteiger partial charge in [0.15, 0.2) is 5.75 Å². The SMILES string of the molecule is Nc1c(/N=N/c2cc(S(=O)(=O)O)ccc2S(=O)(=O)O)c(S(=O)(=O)O)cc2cc(S(=O)(=O)O)c(N=Nc3cc(Nc4nc(Cl)nc(Cl)n4)ccc3S(=O)(=O)O)c(O)c12. The molecule has 5 rings (SSSR count). The van der Waals surface area contributed by atoms with E-state index in [0.717, 1.165) is 18.2 Å². The van der Waals surface area contributed by atoms with Crippen molar-refractivity contribution in [1.82, 2.24) is 15.0 Å². The smallest absolute Gasteiger partial charge is 0.296 e. The highest BCUT2D eigenvalue weighted by Crippen LogP contribution is 2.48. The zero-order valence-corrected chi connectivity index (χ0v) is 32.5. The molecular weight excluding hydrogens is 914 g/mol. The van der Waals surface area contributed by atoms with Crippen LogP contribution in [0.5, 0.6) is 5.75 Å². The number of hydrogen-bond acceptors (Lipinski definition) is 20. The maximum atomic E-state index is 12.5. The van der Waals surface area contributed by atoms with Gasteiger partial charge >= 0.3 is 0 Å². The van der Waals surface area contributed by atoms with E-state index in [1.807, 2.05) is 0 Å². The largest absolute Gasteiger partial charge is 0.505 e. The molecule has 5 aromatic rings. The lowest BCUT2D eigenvalue weighted by Gasteiger charge is -2.14. The van der Waals surface area contributed by atoms with Crippen LogP contribution in [-0.2, 0) is 50.6 Å². The Balaban J connectivity index is 1.78. The standard InChI is InChI=1S/C25H17Cl2N9O16S5/c26-23-30-24(27)32-25(31-23)29-10-1-3-14(54(41,42)43)12(7-10)33-36-21-17(57(50,51)52)6-9-5-16(56(47,48)49)20(19(28)18(9)22(21)37)35-34-13-8-11(53(38,39)40)2-4-15(13)55(44,45)46/h1-8,37H,28H2,(H,38,39,40)(H,41,42,43)(H,44,45,46)(H,47,48,49)(H,50,51,52)(H,29,30,31,32)/b35-34+,36-33?. The van der Waals surface area contributed by atoms with Gasteiger partial charge in [-0.05, 0) is 77.1 Å². The lowest BCUT2D eigenvalue weighted by molar-refractivity contribution is 0.472.